The predicted octanol–water partition coefficient (Wildman–Crippen LogP) is 4.29. The largest absolute Gasteiger partial charge is 0.416 e. The molecule has 2 aromatic rings. The summed E-state index contributed by atoms with van der Waals surface area (Å²) in [5.41, 5.74) is 1.51. The van der Waals surface area contributed by atoms with E-state index in [0.29, 0.717) is 5.69 Å². The van der Waals surface area contributed by atoms with Crippen LogP contribution in [0.15, 0.2) is 42.5 Å². The van der Waals surface area contributed by atoms with E-state index in [2.05, 4.69) is 10.6 Å². The number of hydrogen-bond donors (Lipinski definition) is 2. The third kappa shape index (κ3) is 5.34. The van der Waals surface area contributed by atoms with Crippen molar-refractivity contribution in [2.75, 3.05) is 10.6 Å². The molecule has 4 nitrogen and oxygen atoms in total. The van der Waals surface area contributed by atoms with Crippen LogP contribution in [-0.4, -0.2) is 11.8 Å². The van der Waals surface area contributed by atoms with Crippen molar-refractivity contribution < 1.29 is 22.8 Å². The summed E-state index contributed by atoms with van der Waals surface area (Å²) < 4.78 is 38.0. The monoisotopic (exact) mass is 350 g/mol. The van der Waals surface area contributed by atoms with E-state index in [4.69, 9.17) is 0 Å². The standard InChI is InChI=1S/C18H17F3N2O2/c1-11-6-7-12(2)15(8-11)23-17(25)10-16(24)22-14-5-3-4-13(9-14)18(19,20)21/h3-9H,10H2,1-2H3,(H,22,24)(H,23,25). The lowest BCUT2D eigenvalue weighted by molar-refractivity contribution is -0.137. The number of anilines is 2. The number of halogens is 3. The van der Waals surface area contributed by atoms with Gasteiger partial charge in [-0.15, -0.1) is 0 Å². The first-order valence-corrected chi connectivity index (χ1v) is 7.49. The van der Waals surface area contributed by atoms with Crippen molar-refractivity contribution in [3.8, 4) is 0 Å². The number of carbonyl (C=O) groups is 2. The van der Waals surface area contributed by atoms with Gasteiger partial charge in [0.2, 0.25) is 11.8 Å². The average Bonchev–Trinajstić information content (AvgIpc) is 2.50. The van der Waals surface area contributed by atoms with Crippen LogP contribution in [0.1, 0.15) is 23.1 Å². The van der Waals surface area contributed by atoms with Gasteiger partial charge in [0.15, 0.2) is 0 Å². The molecular weight excluding hydrogens is 333 g/mol. The van der Waals surface area contributed by atoms with Crippen LogP contribution < -0.4 is 10.6 Å². The Morgan fingerprint density at radius 2 is 1.64 bits per heavy atom. The predicted molar refractivity (Wildman–Crippen MR) is 89.2 cm³/mol. The normalized spacial score (nSPS) is 11.1. The second kappa shape index (κ2) is 7.38. The molecule has 0 aromatic heterocycles. The summed E-state index contributed by atoms with van der Waals surface area (Å²) in [6.45, 7) is 3.69. The van der Waals surface area contributed by atoms with E-state index in [1.54, 1.807) is 6.07 Å². The number of amides is 2. The van der Waals surface area contributed by atoms with Gasteiger partial charge in [0.1, 0.15) is 6.42 Å². The Balaban J connectivity index is 1.98. The van der Waals surface area contributed by atoms with E-state index < -0.39 is 30.0 Å². The maximum Gasteiger partial charge on any atom is 0.416 e. The number of rotatable bonds is 4. The molecule has 2 aromatic carbocycles. The van der Waals surface area contributed by atoms with Gasteiger partial charge >= 0.3 is 6.18 Å². The van der Waals surface area contributed by atoms with Crippen LogP contribution in [0.25, 0.3) is 0 Å². The van der Waals surface area contributed by atoms with Gasteiger partial charge in [-0.2, -0.15) is 13.2 Å². The molecule has 0 unspecified atom stereocenters. The molecule has 0 bridgehead atoms. The number of benzene rings is 2. The van der Waals surface area contributed by atoms with Gasteiger partial charge < -0.3 is 10.6 Å². The first kappa shape index (κ1) is 18.5. The van der Waals surface area contributed by atoms with Crippen molar-refractivity contribution in [3.05, 3.63) is 59.2 Å². The van der Waals surface area contributed by atoms with Crippen molar-refractivity contribution in [2.24, 2.45) is 0 Å². The molecule has 0 aliphatic heterocycles. The van der Waals surface area contributed by atoms with E-state index in [9.17, 15) is 22.8 Å². The van der Waals surface area contributed by atoms with E-state index in [1.807, 2.05) is 26.0 Å². The summed E-state index contributed by atoms with van der Waals surface area (Å²) in [5.74, 6) is -1.24. The summed E-state index contributed by atoms with van der Waals surface area (Å²) in [5, 5.41) is 4.92. The van der Waals surface area contributed by atoms with Crippen LogP contribution in [0.4, 0.5) is 24.5 Å². The molecule has 0 fully saturated rings. The molecule has 0 heterocycles. The molecule has 0 aliphatic carbocycles. The summed E-state index contributed by atoms with van der Waals surface area (Å²) in [7, 11) is 0. The van der Waals surface area contributed by atoms with Crippen LogP contribution in [-0.2, 0) is 15.8 Å². The van der Waals surface area contributed by atoms with E-state index in [0.717, 1.165) is 23.3 Å². The molecule has 0 radical (unpaired) electrons. The molecule has 2 N–H and O–H groups in total. The smallest absolute Gasteiger partial charge is 0.326 e. The van der Waals surface area contributed by atoms with Gasteiger partial charge in [0.25, 0.3) is 0 Å². The van der Waals surface area contributed by atoms with Crippen LogP contribution in [0.5, 0.6) is 0 Å². The van der Waals surface area contributed by atoms with Crippen LogP contribution in [0.3, 0.4) is 0 Å². The maximum absolute atomic E-state index is 12.7. The molecule has 2 rings (SSSR count). The third-order valence-corrected chi connectivity index (χ3v) is 3.46. The van der Waals surface area contributed by atoms with E-state index in [-0.39, 0.29) is 5.69 Å². The maximum atomic E-state index is 12.7. The van der Waals surface area contributed by atoms with Crippen molar-refractivity contribution in [2.45, 2.75) is 26.4 Å². The SMILES string of the molecule is Cc1ccc(C)c(NC(=O)CC(=O)Nc2cccc(C(F)(F)F)c2)c1. The van der Waals surface area contributed by atoms with Gasteiger partial charge in [-0.25, -0.2) is 0 Å². The Morgan fingerprint density at radius 1 is 0.960 bits per heavy atom. The van der Waals surface area contributed by atoms with Gasteiger partial charge in [-0.1, -0.05) is 18.2 Å². The molecule has 25 heavy (non-hydrogen) atoms. The summed E-state index contributed by atoms with van der Waals surface area (Å²) in [6, 6.07) is 9.75. The van der Waals surface area contributed by atoms with Crippen LogP contribution in [0, 0.1) is 13.8 Å². The molecule has 132 valence electrons. The fourth-order valence-corrected chi connectivity index (χ4v) is 2.19. The zero-order valence-electron chi connectivity index (χ0n) is 13.7. The molecule has 0 aliphatic rings. The lowest BCUT2D eigenvalue weighted by atomic mass is 10.1. The Bertz CT molecular complexity index is 801. The topological polar surface area (TPSA) is 58.2 Å². The summed E-state index contributed by atoms with van der Waals surface area (Å²) >= 11 is 0. The number of nitrogens with one attached hydrogen (secondary N) is 2. The van der Waals surface area contributed by atoms with Gasteiger partial charge in [-0.3, -0.25) is 9.59 Å². The Morgan fingerprint density at radius 3 is 2.32 bits per heavy atom. The molecule has 0 atom stereocenters. The molecule has 2 amide bonds. The lowest BCUT2D eigenvalue weighted by Gasteiger charge is -2.11. The number of aryl methyl sites for hydroxylation is 2. The van der Waals surface area contributed by atoms with Gasteiger partial charge in [0.05, 0.1) is 5.56 Å². The fraction of sp³-hybridized carbons (Fsp3) is 0.222. The zero-order chi connectivity index (χ0) is 18.6. The Labute approximate surface area is 143 Å². The molecule has 0 saturated carbocycles. The van der Waals surface area contributed by atoms with Crippen molar-refractivity contribution >= 4 is 23.2 Å². The number of alkyl halides is 3. The second-order valence-corrected chi connectivity index (χ2v) is 5.67. The van der Waals surface area contributed by atoms with Gasteiger partial charge in [-0.05, 0) is 49.2 Å². The Kier molecular flexibility index (Phi) is 5.46. The first-order chi connectivity index (χ1) is 11.6. The molecule has 7 heteroatoms. The zero-order valence-corrected chi connectivity index (χ0v) is 13.7. The highest BCUT2D eigenvalue weighted by atomic mass is 19.4. The lowest BCUT2D eigenvalue weighted by Crippen LogP contribution is -2.22. The Hall–Kier alpha value is -2.83. The minimum Gasteiger partial charge on any atom is -0.326 e. The van der Waals surface area contributed by atoms with E-state index in [1.165, 1.54) is 12.1 Å². The van der Waals surface area contributed by atoms with Gasteiger partial charge in [0, 0.05) is 11.4 Å². The quantitative estimate of drug-likeness (QED) is 0.808. The number of hydrogen-bond acceptors (Lipinski definition) is 2. The highest BCUT2D eigenvalue weighted by Crippen LogP contribution is 2.30. The van der Waals surface area contributed by atoms with Crippen molar-refractivity contribution in [1.82, 2.24) is 0 Å². The fourth-order valence-electron chi connectivity index (χ4n) is 2.19. The van der Waals surface area contributed by atoms with E-state index >= 15 is 0 Å². The highest BCUT2D eigenvalue weighted by molar-refractivity contribution is 6.08. The minimum atomic E-state index is -4.50. The first-order valence-electron chi connectivity index (χ1n) is 7.49. The number of carbonyl (C=O) groups excluding carboxylic acids is 2. The summed E-state index contributed by atoms with van der Waals surface area (Å²) in [6.07, 6.45) is -5.00. The molecular formula is C18H17F3N2O2. The highest BCUT2D eigenvalue weighted by Gasteiger charge is 2.30. The third-order valence-electron chi connectivity index (χ3n) is 3.46. The van der Waals surface area contributed by atoms with Crippen LogP contribution in [0.2, 0.25) is 0 Å². The molecule has 0 spiro atoms. The minimum absolute atomic E-state index is 0.0145. The van der Waals surface area contributed by atoms with Crippen molar-refractivity contribution in [1.29, 1.82) is 0 Å². The average molecular weight is 350 g/mol. The van der Waals surface area contributed by atoms with Crippen LogP contribution >= 0.6 is 0 Å². The second-order valence-electron chi connectivity index (χ2n) is 5.67. The van der Waals surface area contributed by atoms with Crippen molar-refractivity contribution in [3.63, 3.8) is 0 Å². The summed E-state index contributed by atoms with van der Waals surface area (Å²) in [4.78, 5) is 23.8. The molecule has 0 saturated heterocycles.